The van der Waals surface area contributed by atoms with Gasteiger partial charge in [0.15, 0.2) is 0 Å². The minimum absolute atomic E-state index is 0.505. The second-order valence-electron chi connectivity index (χ2n) is 3.20. The number of methoxy groups -OCH3 is 2. The molecule has 0 saturated heterocycles. The lowest BCUT2D eigenvalue weighted by molar-refractivity contribution is 0.205. The van der Waals surface area contributed by atoms with E-state index in [0.717, 1.165) is 4.47 Å². The molecule has 1 aromatic heterocycles. The summed E-state index contributed by atoms with van der Waals surface area (Å²) in [4.78, 5) is 10.5. The predicted octanol–water partition coefficient (Wildman–Crippen LogP) is 1.94. The van der Waals surface area contributed by atoms with Gasteiger partial charge in [-0.1, -0.05) is 0 Å². The van der Waals surface area contributed by atoms with Crippen LogP contribution in [0.1, 0.15) is 0 Å². The summed E-state index contributed by atoms with van der Waals surface area (Å²) in [6, 6.07) is 0. The minimum Gasteiger partial charge on any atom is -0.480 e. The third kappa shape index (κ3) is 4.29. The Balaban J connectivity index is 2.85. The number of halogens is 2. The molecule has 0 atom stereocenters. The van der Waals surface area contributed by atoms with Gasteiger partial charge in [-0.2, -0.15) is 4.98 Å². The van der Waals surface area contributed by atoms with Crippen LogP contribution in [0.25, 0.3) is 0 Å². The molecule has 1 aromatic rings. The average Bonchev–Trinajstić information content (AvgIpc) is 2.35. The summed E-state index contributed by atoms with van der Waals surface area (Å²) >= 11 is 9.06. The largest absolute Gasteiger partial charge is 0.480 e. The third-order valence-corrected chi connectivity index (χ3v) is 2.81. The molecule has 0 amide bonds. The van der Waals surface area contributed by atoms with E-state index in [1.165, 1.54) is 0 Å². The van der Waals surface area contributed by atoms with Crippen LogP contribution in [0, 0.1) is 0 Å². The van der Waals surface area contributed by atoms with E-state index in [1.807, 2.05) is 4.90 Å². The molecule has 1 rings (SSSR count). The second-order valence-corrected chi connectivity index (χ2v) is 4.43. The zero-order chi connectivity index (χ0) is 12.7. The molecule has 0 N–H and O–H groups in total. The van der Waals surface area contributed by atoms with E-state index in [2.05, 4.69) is 25.9 Å². The van der Waals surface area contributed by atoms with Crippen molar-refractivity contribution in [2.75, 3.05) is 44.7 Å². The Morgan fingerprint density at radius 2 is 2.18 bits per heavy atom. The Kier molecular flexibility index (Phi) is 6.54. The van der Waals surface area contributed by atoms with Crippen LogP contribution in [0.3, 0.4) is 0 Å². The molecule has 1 heterocycles. The van der Waals surface area contributed by atoms with Crippen LogP contribution in [0.4, 0.5) is 5.95 Å². The molecule has 0 saturated carbocycles. The zero-order valence-corrected chi connectivity index (χ0v) is 12.2. The van der Waals surface area contributed by atoms with E-state index in [-0.39, 0.29) is 0 Å². The molecule has 0 radical (unpaired) electrons. The van der Waals surface area contributed by atoms with Crippen molar-refractivity contribution in [1.29, 1.82) is 0 Å². The van der Waals surface area contributed by atoms with Crippen molar-refractivity contribution in [2.45, 2.75) is 0 Å². The molecule has 17 heavy (non-hydrogen) atoms. The molecule has 7 heteroatoms. The topological polar surface area (TPSA) is 47.5 Å². The van der Waals surface area contributed by atoms with Gasteiger partial charge in [-0.3, -0.25) is 0 Å². The highest BCUT2D eigenvalue weighted by atomic mass is 79.9. The van der Waals surface area contributed by atoms with E-state index in [4.69, 9.17) is 21.1 Å². The fourth-order valence-corrected chi connectivity index (χ4v) is 1.81. The number of nitrogens with zero attached hydrogens (tertiary/aromatic N) is 3. The highest BCUT2D eigenvalue weighted by Crippen LogP contribution is 2.23. The molecule has 0 fully saturated rings. The lowest BCUT2D eigenvalue weighted by Gasteiger charge is -2.21. The standard InChI is InChI=1S/C10H15BrClN3O2/c1-16-6-5-15(4-3-12)10-13-7-8(11)9(14-10)17-2/h7H,3-6H2,1-2H3. The number of alkyl halides is 1. The Hall–Kier alpha value is -0.590. The molecular formula is C10H15BrClN3O2. The fourth-order valence-electron chi connectivity index (χ4n) is 1.25. The first-order valence-corrected chi connectivity index (χ1v) is 6.42. The summed E-state index contributed by atoms with van der Waals surface area (Å²) < 4.78 is 10.9. The van der Waals surface area contributed by atoms with Crippen LogP contribution in [0.5, 0.6) is 5.88 Å². The lowest BCUT2D eigenvalue weighted by atomic mass is 10.5. The molecule has 5 nitrogen and oxygen atoms in total. The van der Waals surface area contributed by atoms with E-state index in [9.17, 15) is 0 Å². The fraction of sp³-hybridized carbons (Fsp3) is 0.600. The summed E-state index contributed by atoms with van der Waals surface area (Å²) in [5.41, 5.74) is 0. The maximum absolute atomic E-state index is 5.75. The SMILES string of the molecule is COCCN(CCCl)c1ncc(Br)c(OC)n1. The summed E-state index contributed by atoms with van der Waals surface area (Å²) in [7, 11) is 3.22. The highest BCUT2D eigenvalue weighted by Gasteiger charge is 2.12. The van der Waals surface area contributed by atoms with E-state index in [1.54, 1.807) is 20.4 Å². The zero-order valence-electron chi connectivity index (χ0n) is 9.82. The normalized spacial score (nSPS) is 10.4. The van der Waals surface area contributed by atoms with Crippen LogP contribution in [0.2, 0.25) is 0 Å². The lowest BCUT2D eigenvalue weighted by Crippen LogP contribution is -2.30. The average molecular weight is 325 g/mol. The van der Waals surface area contributed by atoms with Crippen molar-refractivity contribution in [3.8, 4) is 5.88 Å². The molecular weight excluding hydrogens is 309 g/mol. The van der Waals surface area contributed by atoms with Crippen molar-refractivity contribution < 1.29 is 9.47 Å². The van der Waals surface area contributed by atoms with Crippen molar-refractivity contribution >= 4 is 33.5 Å². The van der Waals surface area contributed by atoms with Crippen molar-refractivity contribution in [3.05, 3.63) is 10.7 Å². The van der Waals surface area contributed by atoms with Crippen LogP contribution >= 0.6 is 27.5 Å². The Morgan fingerprint density at radius 3 is 2.76 bits per heavy atom. The monoisotopic (exact) mass is 323 g/mol. The summed E-state index contributed by atoms with van der Waals surface area (Å²) in [6.45, 7) is 1.95. The molecule has 0 aliphatic rings. The van der Waals surface area contributed by atoms with Gasteiger partial charge in [0, 0.05) is 26.1 Å². The quantitative estimate of drug-likeness (QED) is 0.717. The van der Waals surface area contributed by atoms with Crippen LogP contribution in [-0.4, -0.2) is 49.8 Å². The van der Waals surface area contributed by atoms with Crippen LogP contribution < -0.4 is 9.64 Å². The first kappa shape index (κ1) is 14.5. The van der Waals surface area contributed by atoms with Crippen molar-refractivity contribution in [2.24, 2.45) is 0 Å². The number of hydrogen-bond donors (Lipinski definition) is 0. The highest BCUT2D eigenvalue weighted by molar-refractivity contribution is 9.10. The van der Waals surface area contributed by atoms with Gasteiger partial charge >= 0.3 is 0 Å². The molecule has 0 bridgehead atoms. The van der Waals surface area contributed by atoms with Gasteiger partial charge in [0.1, 0.15) is 0 Å². The molecule has 0 spiro atoms. The second kappa shape index (κ2) is 7.68. The van der Waals surface area contributed by atoms with E-state index < -0.39 is 0 Å². The van der Waals surface area contributed by atoms with Gasteiger partial charge in [0.25, 0.3) is 0 Å². The molecule has 0 aliphatic carbocycles. The Bertz CT molecular complexity index is 354. The molecule has 0 aliphatic heterocycles. The predicted molar refractivity (Wildman–Crippen MR) is 71.1 cm³/mol. The molecule has 0 aromatic carbocycles. The minimum atomic E-state index is 0.505. The van der Waals surface area contributed by atoms with Crippen molar-refractivity contribution in [1.82, 2.24) is 9.97 Å². The molecule has 0 unspecified atom stereocenters. The van der Waals surface area contributed by atoms with E-state index in [0.29, 0.717) is 37.4 Å². The maximum atomic E-state index is 5.75. The third-order valence-electron chi connectivity index (χ3n) is 2.10. The number of aromatic nitrogens is 2. The number of rotatable bonds is 7. The van der Waals surface area contributed by atoms with Gasteiger partial charge in [0.05, 0.1) is 24.4 Å². The van der Waals surface area contributed by atoms with Gasteiger partial charge in [-0.15, -0.1) is 11.6 Å². The van der Waals surface area contributed by atoms with E-state index >= 15 is 0 Å². The van der Waals surface area contributed by atoms with Gasteiger partial charge in [-0.05, 0) is 15.9 Å². The summed E-state index contributed by atoms with van der Waals surface area (Å²) in [5.74, 6) is 1.60. The Labute approximate surface area is 114 Å². The Morgan fingerprint density at radius 1 is 1.41 bits per heavy atom. The van der Waals surface area contributed by atoms with Gasteiger partial charge in [-0.25, -0.2) is 4.98 Å². The maximum Gasteiger partial charge on any atom is 0.232 e. The smallest absolute Gasteiger partial charge is 0.232 e. The van der Waals surface area contributed by atoms with Crippen molar-refractivity contribution in [3.63, 3.8) is 0 Å². The number of hydrogen-bond acceptors (Lipinski definition) is 5. The first-order valence-electron chi connectivity index (χ1n) is 5.09. The van der Waals surface area contributed by atoms with Gasteiger partial charge < -0.3 is 14.4 Å². The first-order chi connectivity index (χ1) is 8.22. The summed E-state index contributed by atoms with van der Waals surface area (Å²) in [6.07, 6.45) is 1.66. The van der Waals surface area contributed by atoms with Gasteiger partial charge in [0.2, 0.25) is 11.8 Å². The number of ether oxygens (including phenoxy) is 2. The van der Waals surface area contributed by atoms with Crippen LogP contribution in [0.15, 0.2) is 10.7 Å². The number of anilines is 1. The summed E-state index contributed by atoms with van der Waals surface area (Å²) in [5, 5.41) is 0. The van der Waals surface area contributed by atoms with Crippen LogP contribution in [-0.2, 0) is 4.74 Å². The molecule has 96 valence electrons.